The predicted molar refractivity (Wildman–Crippen MR) is 123 cm³/mol. The zero-order chi connectivity index (χ0) is 22.1. The lowest BCUT2D eigenvalue weighted by atomic mass is 9.90. The van der Waals surface area contributed by atoms with E-state index in [0.29, 0.717) is 17.2 Å². The Labute approximate surface area is 185 Å². The maximum Gasteiger partial charge on any atom is 0.250 e. The molecule has 6 nitrogen and oxygen atoms in total. The fourth-order valence-corrected chi connectivity index (χ4v) is 4.20. The first kappa shape index (κ1) is 20.0. The minimum atomic E-state index is -0.525. The lowest BCUT2D eigenvalue weighted by Gasteiger charge is -2.39. The van der Waals surface area contributed by atoms with Crippen molar-refractivity contribution in [3.05, 3.63) is 95.7 Å². The van der Waals surface area contributed by atoms with Crippen molar-refractivity contribution >= 4 is 16.7 Å². The number of nitrogens with zero attached hydrogens (tertiary/aromatic N) is 2. The molecule has 0 spiro atoms. The standard InChI is InChI=1S/C26H23N3O3/c27-26(31)18-9-12-24(28-16-18)32-23-11-10-22(20-7-1-2-8-21(20)23)25(29-13-4-14-29)17-5-3-6-19(30)15-17/h1-3,5-12,15-16,25,30H,4,13-14H2,(H2,27,31). The molecule has 4 aromatic rings. The lowest BCUT2D eigenvalue weighted by molar-refractivity contribution is 0.1000. The first-order valence-corrected chi connectivity index (χ1v) is 10.6. The van der Waals surface area contributed by atoms with Gasteiger partial charge < -0.3 is 15.6 Å². The van der Waals surface area contributed by atoms with Crippen molar-refractivity contribution in [2.75, 3.05) is 13.1 Å². The largest absolute Gasteiger partial charge is 0.508 e. The average molecular weight is 425 g/mol. The van der Waals surface area contributed by atoms with Crippen molar-refractivity contribution in [1.82, 2.24) is 9.88 Å². The number of benzene rings is 3. The van der Waals surface area contributed by atoms with Crippen LogP contribution in [0.4, 0.5) is 0 Å². The van der Waals surface area contributed by atoms with E-state index in [4.69, 9.17) is 10.5 Å². The van der Waals surface area contributed by atoms with E-state index < -0.39 is 5.91 Å². The first-order chi connectivity index (χ1) is 15.6. The third-order valence-corrected chi connectivity index (χ3v) is 5.89. The molecule has 0 radical (unpaired) electrons. The molecular weight excluding hydrogens is 402 g/mol. The van der Waals surface area contributed by atoms with Gasteiger partial charge in [0.1, 0.15) is 11.5 Å². The number of hydrogen-bond donors (Lipinski definition) is 2. The molecule has 1 saturated heterocycles. The zero-order valence-electron chi connectivity index (χ0n) is 17.4. The van der Waals surface area contributed by atoms with Crippen LogP contribution < -0.4 is 10.5 Å². The van der Waals surface area contributed by atoms with Gasteiger partial charge in [-0.3, -0.25) is 9.69 Å². The number of carbonyl (C=O) groups is 1. The van der Waals surface area contributed by atoms with Crippen molar-refractivity contribution in [2.45, 2.75) is 12.5 Å². The fraction of sp³-hybridized carbons (Fsp3) is 0.154. The monoisotopic (exact) mass is 425 g/mol. The molecule has 1 aromatic heterocycles. The molecule has 0 saturated carbocycles. The van der Waals surface area contributed by atoms with Crippen LogP contribution in [0.25, 0.3) is 10.8 Å². The summed E-state index contributed by atoms with van der Waals surface area (Å²) < 4.78 is 6.07. The van der Waals surface area contributed by atoms with E-state index in [1.54, 1.807) is 18.2 Å². The molecule has 1 atom stereocenters. The van der Waals surface area contributed by atoms with Crippen molar-refractivity contribution in [3.63, 3.8) is 0 Å². The number of primary amides is 1. The van der Waals surface area contributed by atoms with Crippen LogP contribution in [0.2, 0.25) is 0 Å². The Hall–Kier alpha value is -3.90. The summed E-state index contributed by atoms with van der Waals surface area (Å²) in [5.41, 5.74) is 7.85. The number of phenols is 1. The number of amides is 1. The molecule has 1 unspecified atom stereocenters. The number of hydrogen-bond acceptors (Lipinski definition) is 5. The molecule has 32 heavy (non-hydrogen) atoms. The molecule has 1 aliphatic rings. The second-order valence-electron chi connectivity index (χ2n) is 7.94. The van der Waals surface area contributed by atoms with E-state index in [-0.39, 0.29) is 11.8 Å². The summed E-state index contributed by atoms with van der Waals surface area (Å²) in [6.45, 7) is 2.03. The van der Waals surface area contributed by atoms with Gasteiger partial charge in [0.2, 0.25) is 11.8 Å². The summed E-state index contributed by atoms with van der Waals surface area (Å²) in [4.78, 5) is 17.9. The van der Waals surface area contributed by atoms with Crippen molar-refractivity contribution in [3.8, 4) is 17.4 Å². The number of aromatic hydroxyl groups is 1. The van der Waals surface area contributed by atoms with Crippen LogP contribution in [0.5, 0.6) is 17.4 Å². The fourth-order valence-electron chi connectivity index (χ4n) is 4.20. The van der Waals surface area contributed by atoms with Crippen LogP contribution in [0.15, 0.2) is 79.0 Å². The first-order valence-electron chi connectivity index (χ1n) is 10.6. The minimum absolute atomic E-state index is 0.0442. The van der Waals surface area contributed by atoms with E-state index in [0.717, 1.165) is 35.0 Å². The van der Waals surface area contributed by atoms with E-state index in [9.17, 15) is 9.90 Å². The second-order valence-corrected chi connectivity index (χ2v) is 7.94. The van der Waals surface area contributed by atoms with Crippen molar-refractivity contribution in [2.24, 2.45) is 5.73 Å². The molecule has 0 bridgehead atoms. The summed E-state index contributed by atoms with van der Waals surface area (Å²) in [5, 5.41) is 12.1. The van der Waals surface area contributed by atoms with Crippen LogP contribution in [0, 0.1) is 0 Å². The molecule has 0 aliphatic carbocycles. The van der Waals surface area contributed by atoms with Crippen molar-refractivity contribution in [1.29, 1.82) is 0 Å². The summed E-state index contributed by atoms with van der Waals surface area (Å²) in [7, 11) is 0. The van der Waals surface area contributed by atoms with Crippen LogP contribution in [0.3, 0.4) is 0 Å². The molecule has 1 fully saturated rings. The molecular formula is C26H23N3O3. The highest BCUT2D eigenvalue weighted by Crippen LogP contribution is 2.40. The second kappa shape index (κ2) is 8.32. The van der Waals surface area contributed by atoms with Gasteiger partial charge in [0.25, 0.3) is 0 Å². The lowest BCUT2D eigenvalue weighted by Crippen LogP contribution is -2.40. The van der Waals surface area contributed by atoms with Crippen LogP contribution in [-0.4, -0.2) is 34.0 Å². The van der Waals surface area contributed by atoms with Crippen LogP contribution in [0.1, 0.15) is 33.9 Å². The SMILES string of the molecule is NC(=O)c1ccc(Oc2ccc(C(c3cccc(O)c3)N3CCC3)c3ccccc23)nc1. The third kappa shape index (κ3) is 3.76. The summed E-state index contributed by atoms with van der Waals surface area (Å²) in [6.07, 6.45) is 2.58. The van der Waals surface area contributed by atoms with Gasteiger partial charge in [0.15, 0.2) is 0 Å². The van der Waals surface area contributed by atoms with E-state index >= 15 is 0 Å². The highest BCUT2D eigenvalue weighted by atomic mass is 16.5. The molecule has 3 aromatic carbocycles. The number of pyridine rings is 1. The van der Waals surface area contributed by atoms with E-state index in [2.05, 4.69) is 28.1 Å². The third-order valence-electron chi connectivity index (χ3n) is 5.89. The Balaban J connectivity index is 1.57. The average Bonchev–Trinajstić information content (AvgIpc) is 2.77. The molecule has 1 aliphatic heterocycles. The number of aromatic nitrogens is 1. The number of nitrogens with two attached hydrogens (primary N) is 1. The number of ether oxygens (including phenoxy) is 1. The van der Waals surface area contributed by atoms with Gasteiger partial charge in [0.05, 0.1) is 11.6 Å². The van der Waals surface area contributed by atoms with Crippen LogP contribution in [-0.2, 0) is 0 Å². The Kier molecular flexibility index (Phi) is 5.21. The quantitative estimate of drug-likeness (QED) is 0.470. The number of carbonyl (C=O) groups excluding carboxylic acids is 1. The molecule has 160 valence electrons. The predicted octanol–water partition coefficient (Wildman–Crippen LogP) is 4.63. The maximum atomic E-state index is 11.3. The van der Waals surface area contributed by atoms with Gasteiger partial charge in [-0.1, -0.05) is 42.5 Å². The highest BCUT2D eigenvalue weighted by Gasteiger charge is 2.28. The summed E-state index contributed by atoms with van der Waals surface area (Å²) in [5.74, 6) is 0.813. The van der Waals surface area contributed by atoms with Crippen LogP contribution >= 0.6 is 0 Å². The van der Waals surface area contributed by atoms with Gasteiger partial charge in [-0.25, -0.2) is 4.98 Å². The summed E-state index contributed by atoms with van der Waals surface area (Å²) in [6, 6.07) is 22.9. The topological polar surface area (TPSA) is 88.7 Å². The maximum absolute atomic E-state index is 11.3. The Morgan fingerprint density at radius 3 is 2.47 bits per heavy atom. The highest BCUT2D eigenvalue weighted by molar-refractivity contribution is 5.93. The molecule has 5 rings (SSSR count). The number of likely N-dealkylation sites (tertiary alicyclic amines) is 1. The Bertz CT molecular complexity index is 1280. The van der Waals surface area contributed by atoms with Gasteiger partial charge in [-0.15, -0.1) is 0 Å². The van der Waals surface area contributed by atoms with Crippen molar-refractivity contribution < 1.29 is 14.6 Å². The number of rotatable bonds is 6. The summed E-state index contributed by atoms with van der Waals surface area (Å²) >= 11 is 0. The van der Waals surface area contributed by atoms with Gasteiger partial charge in [-0.05, 0) is 47.2 Å². The normalized spacial score (nSPS) is 14.6. The van der Waals surface area contributed by atoms with Gasteiger partial charge >= 0.3 is 0 Å². The molecule has 3 N–H and O–H groups in total. The Morgan fingerprint density at radius 2 is 1.81 bits per heavy atom. The molecule has 2 heterocycles. The van der Waals surface area contributed by atoms with Gasteiger partial charge in [0, 0.05) is 30.7 Å². The Morgan fingerprint density at radius 1 is 1.00 bits per heavy atom. The number of phenolic OH excluding ortho intramolecular Hbond substituents is 1. The number of fused-ring (bicyclic) bond motifs is 1. The minimum Gasteiger partial charge on any atom is -0.508 e. The smallest absolute Gasteiger partial charge is 0.250 e. The molecule has 6 heteroatoms. The van der Waals surface area contributed by atoms with E-state index in [1.165, 1.54) is 12.6 Å². The molecule has 1 amide bonds. The zero-order valence-corrected chi connectivity index (χ0v) is 17.4. The van der Waals surface area contributed by atoms with Gasteiger partial charge in [-0.2, -0.15) is 0 Å². The van der Waals surface area contributed by atoms with E-state index in [1.807, 2.05) is 36.4 Å².